The molecule has 0 unspecified atom stereocenters. The number of hydrogen-bond donors (Lipinski definition) is 0. The van der Waals surface area contributed by atoms with Crippen molar-refractivity contribution < 1.29 is 28.2 Å². The van der Waals surface area contributed by atoms with Gasteiger partial charge in [-0.3, -0.25) is 4.79 Å². The molecule has 0 N–H and O–H groups in total. The molecule has 0 fully saturated rings. The normalized spacial score (nSPS) is 10.5. The highest BCUT2D eigenvalue weighted by molar-refractivity contribution is 5.98. The van der Waals surface area contributed by atoms with Crippen LogP contribution in [0.5, 0.6) is 17.2 Å². The Morgan fingerprint density at radius 3 is 2.22 bits per heavy atom. The fourth-order valence-corrected chi connectivity index (χ4v) is 2.61. The SMILES string of the molecule is COc1cccc(OC)c1C(=O)Oc1ccc2cc(C(C)=O)c(=O)oc2c1. The molecule has 0 aliphatic carbocycles. The topological polar surface area (TPSA) is 92.0 Å². The van der Waals surface area contributed by atoms with Crippen molar-refractivity contribution in [2.75, 3.05) is 14.2 Å². The molecule has 0 atom stereocenters. The highest BCUT2D eigenvalue weighted by atomic mass is 16.5. The summed E-state index contributed by atoms with van der Waals surface area (Å²) in [5.74, 6) is -0.300. The first-order valence-electron chi connectivity index (χ1n) is 7.96. The second-order valence-electron chi connectivity index (χ2n) is 5.63. The fourth-order valence-electron chi connectivity index (χ4n) is 2.61. The van der Waals surface area contributed by atoms with E-state index in [0.29, 0.717) is 16.9 Å². The molecule has 2 aromatic carbocycles. The Hall–Kier alpha value is -3.61. The van der Waals surface area contributed by atoms with Crippen LogP contribution in [0.1, 0.15) is 27.6 Å². The van der Waals surface area contributed by atoms with Crippen molar-refractivity contribution in [3.05, 3.63) is 64.0 Å². The standard InChI is InChI=1S/C20H16O7/c1-11(21)14-9-12-7-8-13(10-17(12)27-19(14)22)26-20(23)18-15(24-2)5-4-6-16(18)25-3/h4-10H,1-3H3. The molecule has 27 heavy (non-hydrogen) atoms. The lowest BCUT2D eigenvalue weighted by molar-refractivity contribution is 0.0727. The molecule has 1 aromatic heterocycles. The van der Waals surface area contributed by atoms with Gasteiger partial charge in [-0.1, -0.05) is 6.07 Å². The summed E-state index contributed by atoms with van der Waals surface area (Å²) in [5.41, 5.74) is -0.450. The summed E-state index contributed by atoms with van der Waals surface area (Å²) in [6.07, 6.45) is 0. The maximum Gasteiger partial charge on any atom is 0.351 e. The van der Waals surface area contributed by atoms with E-state index < -0.39 is 11.6 Å². The van der Waals surface area contributed by atoms with E-state index in [9.17, 15) is 14.4 Å². The zero-order valence-corrected chi connectivity index (χ0v) is 14.9. The number of carbonyl (C=O) groups is 2. The Balaban J connectivity index is 1.98. The first-order valence-corrected chi connectivity index (χ1v) is 7.96. The van der Waals surface area contributed by atoms with Gasteiger partial charge in [0.25, 0.3) is 0 Å². The van der Waals surface area contributed by atoms with Crippen LogP contribution >= 0.6 is 0 Å². The van der Waals surface area contributed by atoms with Gasteiger partial charge in [-0.05, 0) is 37.3 Å². The molecular formula is C20H16O7. The Labute approximate surface area is 154 Å². The number of ketones is 1. The van der Waals surface area contributed by atoms with Crippen LogP contribution in [0.3, 0.4) is 0 Å². The molecule has 7 heteroatoms. The van der Waals surface area contributed by atoms with Crippen molar-refractivity contribution in [3.8, 4) is 17.2 Å². The summed E-state index contributed by atoms with van der Waals surface area (Å²) in [7, 11) is 2.87. The van der Waals surface area contributed by atoms with Gasteiger partial charge < -0.3 is 18.6 Å². The minimum atomic E-state index is -0.745. The van der Waals surface area contributed by atoms with Crippen molar-refractivity contribution >= 4 is 22.7 Å². The number of Topliss-reactive ketones (excluding diaryl/α,β-unsaturated/α-hetero) is 1. The van der Waals surface area contributed by atoms with Crippen molar-refractivity contribution in [2.24, 2.45) is 0 Å². The van der Waals surface area contributed by atoms with Gasteiger partial charge in [0.2, 0.25) is 0 Å². The maximum absolute atomic E-state index is 12.6. The molecule has 1 heterocycles. The van der Waals surface area contributed by atoms with E-state index in [1.807, 2.05) is 0 Å². The van der Waals surface area contributed by atoms with E-state index in [2.05, 4.69) is 0 Å². The van der Waals surface area contributed by atoms with Gasteiger partial charge >= 0.3 is 11.6 Å². The minimum Gasteiger partial charge on any atom is -0.496 e. The third kappa shape index (κ3) is 3.52. The highest BCUT2D eigenvalue weighted by Crippen LogP contribution is 2.30. The summed E-state index contributed by atoms with van der Waals surface area (Å²) < 4.78 is 20.9. The first kappa shape index (κ1) is 18.2. The van der Waals surface area contributed by atoms with Gasteiger partial charge in [0, 0.05) is 11.5 Å². The predicted octanol–water partition coefficient (Wildman–Crippen LogP) is 3.23. The lowest BCUT2D eigenvalue weighted by Crippen LogP contribution is -2.12. The van der Waals surface area contributed by atoms with E-state index in [-0.39, 0.29) is 28.2 Å². The lowest BCUT2D eigenvalue weighted by Gasteiger charge is -2.12. The predicted molar refractivity (Wildman–Crippen MR) is 97.0 cm³/mol. The second-order valence-corrected chi connectivity index (χ2v) is 5.63. The Kier molecular flexibility index (Phi) is 4.94. The van der Waals surface area contributed by atoms with Crippen LogP contribution in [0.25, 0.3) is 11.0 Å². The number of methoxy groups -OCH3 is 2. The van der Waals surface area contributed by atoms with Gasteiger partial charge in [0.15, 0.2) is 5.78 Å². The zero-order valence-electron chi connectivity index (χ0n) is 14.9. The molecule has 0 bridgehead atoms. The Morgan fingerprint density at radius 1 is 0.963 bits per heavy atom. The maximum atomic E-state index is 12.6. The van der Waals surface area contributed by atoms with Crippen LogP contribution in [0.15, 0.2) is 51.7 Å². The molecule has 138 valence electrons. The third-order valence-electron chi connectivity index (χ3n) is 3.93. The molecule has 0 aliphatic heterocycles. The zero-order chi connectivity index (χ0) is 19.6. The summed E-state index contributed by atoms with van der Waals surface area (Å²) in [6.45, 7) is 1.29. The van der Waals surface area contributed by atoms with Crippen LogP contribution in [0.2, 0.25) is 0 Å². The van der Waals surface area contributed by atoms with E-state index >= 15 is 0 Å². The van der Waals surface area contributed by atoms with E-state index in [1.165, 1.54) is 39.3 Å². The number of rotatable bonds is 5. The van der Waals surface area contributed by atoms with Crippen LogP contribution in [-0.2, 0) is 0 Å². The van der Waals surface area contributed by atoms with E-state index in [1.54, 1.807) is 24.3 Å². The van der Waals surface area contributed by atoms with E-state index in [4.69, 9.17) is 18.6 Å². The molecule has 3 rings (SSSR count). The summed E-state index contributed by atoms with van der Waals surface area (Å²) in [5, 5.41) is 0.537. The average molecular weight is 368 g/mol. The molecule has 3 aromatic rings. The molecule has 0 amide bonds. The van der Waals surface area contributed by atoms with Crippen molar-refractivity contribution in [3.63, 3.8) is 0 Å². The lowest BCUT2D eigenvalue weighted by atomic mass is 10.1. The fraction of sp³-hybridized carbons (Fsp3) is 0.150. The molecule has 0 radical (unpaired) electrons. The largest absolute Gasteiger partial charge is 0.496 e. The van der Waals surface area contributed by atoms with Crippen molar-refractivity contribution in [1.29, 1.82) is 0 Å². The number of esters is 1. The molecule has 0 aliphatic rings. The van der Waals surface area contributed by atoms with Crippen molar-refractivity contribution in [2.45, 2.75) is 6.92 Å². The van der Waals surface area contributed by atoms with Crippen LogP contribution < -0.4 is 19.8 Å². The summed E-state index contributed by atoms with van der Waals surface area (Å²) in [4.78, 5) is 35.9. The quantitative estimate of drug-likeness (QED) is 0.295. The molecule has 0 saturated carbocycles. The van der Waals surface area contributed by atoms with E-state index in [0.717, 1.165) is 0 Å². The number of carbonyl (C=O) groups excluding carboxylic acids is 2. The van der Waals surface area contributed by atoms with Gasteiger partial charge in [-0.15, -0.1) is 0 Å². The average Bonchev–Trinajstić information content (AvgIpc) is 2.66. The molecular weight excluding hydrogens is 352 g/mol. The first-order chi connectivity index (χ1) is 12.9. The number of benzene rings is 2. The Morgan fingerprint density at radius 2 is 1.63 bits per heavy atom. The second kappa shape index (κ2) is 7.33. The third-order valence-corrected chi connectivity index (χ3v) is 3.93. The summed E-state index contributed by atoms with van der Waals surface area (Å²) in [6, 6.07) is 10.9. The monoisotopic (exact) mass is 368 g/mol. The summed E-state index contributed by atoms with van der Waals surface area (Å²) >= 11 is 0. The van der Waals surface area contributed by atoms with Crippen LogP contribution in [0, 0.1) is 0 Å². The highest BCUT2D eigenvalue weighted by Gasteiger charge is 2.21. The molecule has 0 saturated heterocycles. The number of ether oxygens (including phenoxy) is 3. The van der Waals surface area contributed by atoms with Crippen molar-refractivity contribution in [1.82, 2.24) is 0 Å². The van der Waals surface area contributed by atoms with Gasteiger partial charge in [0.05, 0.1) is 14.2 Å². The van der Waals surface area contributed by atoms with Crippen LogP contribution in [0.4, 0.5) is 0 Å². The van der Waals surface area contributed by atoms with Crippen LogP contribution in [-0.4, -0.2) is 26.0 Å². The molecule has 7 nitrogen and oxygen atoms in total. The Bertz CT molecular complexity index is 1070. The number of hydrogen-bond acceptors (Lipinski definition) is 7. The molecule has 0 spiro atoms. The minimum absolute atomic E-state index is 0.0361. The number of fused-ring (bicyclic) bond motifs is 1. The van der Waals surface area contributed by atoms with Gasteiger partial charge in [-0.2, -0.15) is 0 Å². The van der Waals surface area contributed by atoms with Gasteiger partial charge in [-0.25, -0.2) is 9.59 Å². The smallest absolute Gasteiger partial charge is 0.351 e. The van der Waals surface area contributed by atoms with Gasteiger partial charge in [0.1, 0.15) is 34.0 Å².